The van der Waals surface area contributed by atoms with E-state index in [-0.39, 0.29) is 5.82 Å². The fraction of sp³-hybridized carbons (Fsp3) is 0.400. The molecule has 0 spiro atoms. The number of benzene rings is 1. The first-order chi connectivity index (χ1) is 8.55. The molecule has 0 aliphatic heterocycles. The lowest BCUT2D eigenvalue weighted by molar-refractivity contribution is 0.314. The average molecular weight is 244 g/mol. The average Bonchev–Trinajstić information content (AvgIpc) is 2.71. The van der Waals surface area contributed by atoms with Gasteiger partial charge in [-0.1, -0.05) is 13.8 Å². The van der Waals surface area contributed by atoms with E-state index in [1.54, 1.807) is 12.1 Å². The van der Waals surface area contributed by atoms with Crippen LogP contribution >= 0.6 is 0 Å². The summed E-state index contributed by atoms with van der Waals surface area (Å²) in [7, 11) is 0. The molecule has 18 heavy (non-hydrogen) atoms. The van der Waals surface area contributed by atoms with E-state index in [2.05, 4.69) is 24.0 Å². The second kappa shape index (κ2) is 3.94. The van der Waals surface area contributed by atoms with Crippen molar-refractivity contribution < 1.29 is 4.39 Å². The van der Waals surface area contributed by atoms with Crippen molar-refractivity contribution in [3.8, 4) is 11.3 Å². The van der Waals surface area contributed by atoms with Crippen LogP contribution in [-0.2, 0) is 12.8 Å². The standard InChI is InChI=1S/C15H17FN2/c1-15(2)8-7-13-12(9-15)14(18-17-13)10-3-5-11(16)6-4-10/h3-6H,7-9H2,1-2H3,(H,17,18). The molecule has 0 radical (unpaired) electrons. The SMILES string of the molecule is CC1(C)CCc2[nH]nc(-c3ccc(F)cc3)c2C1. The maximum atomic E-state index is 13.0. The van der Waals surface area contributed by atoms with Crippen molar-refractivity contribution >= 4 is 0 Å². The minimum atomic E-state index is -0.205. The molecule has 3 heteroatoms. The Hall–Kier alpha value is -1.64. The van der Waals surface area contributed by atoms with E-state index in [0.29, 0.717) is 5.41 Å². The Balaban J connectivity index is 2.04. The number of hydrogen-bond acceptors (Lipinski definition) is 1. The smallest absolute Gasteiger partial charge is 0.123 e. The molecule has 0 saturated carbocycles. The summed E-state index contributed by atoms with van der Waals surface area (Å²) in [6.45, 7) is 4.58. The van der Waals surface area contributed by atoms with Gasteiger partial charge in [0, 0.05) is 16.8 Å². The second-order valence-corrected chi connectivity index (χ2v) is 5.88. The molecule has 2 nitrogen and oxygen atoms in total. The van der Waals surface area contributed by atoms with Crippen LogP contribution in [0.1, 0.15) is 31.5 Å². The topological polar surface area (TPSA) is 28.7 Å². The Morgan fingerprint density at radius 1 is 1.22 bits per heavy atom. The summed E-state index contributed by atoms with van der Waals surface area (Å²) in [4.78, 5) is 0. The molecule has 0 unspecified atom stereocenters. The fourth-order valence-corrected chi connectivity index (χ4v) is 2.68. The third kappa shape index (κ3) is 1.94. The molecule has 1 aromatic carbocycles. The molecule has 2 aromatic rings. The maximum Gasteiger partial charge on any atom is 0.123 e. The summed E-state index contributed by atoms with van der Waals surface area (Å²) < 4.78 is 13.0. The number of aryl methyl sites for hydroxylation is 1. The molecular formula is C15H17FN2. The van der Waals surface area contributed by atoms with Gasteiger partial charge in [-0.25, -0.2) is 4.39 Å². The molecule has 0 fully saturated rings. The number of hydrogen-bond donors (Lipinski definition) is 1. The molecule has 1 aliphatic rings. The number of aromatic amines is 1. The Kier molecular flexibility index (Phi) is 2.51. The lowest BCUT2D eigenvalue weighted by Gasteiger charge is -2.29. The van der Waals surface area contributed by atoms with E-state index >= 15 is 0 Å². The molecule has 1 N–H and O–H groups in total. The number of nitrogens with one attached hydrogen (secondary N) is 1. The van der Waals surface area contributed by atoms with E-state index in [4.69, 9.17) is 0 Å². The number of fused-ring (bicyclic) bond motifs is 1. The van der Waals surface area contributed by atoms with Crippen LogP contribution in [0.25, 0.3) is 11.3 Å². The zero-order chi connectivity index (χ0) is 12.8. The Bertz CT molecular complexity index is 567. The first-order valence-electron chi connectivity index (χ1n) is 6.37. The predicted octanol–water partition coefficient (Wildman–Crippen LogP) is 3.73. The maximum absolute atomic E-state index is 13.0. The minimum absolute atomic E-state index is 0.205. The summed E-state index contributed by atoms with van der Waals surface area (Å²) in [5, 5.41) is 7.55. The van der Waals surface area contributed by atoms with Crippen LogP contribution < -0.4 is 0 Å². The van der Waals surface area contributed by atoms with Crippen molar-refractivity contribution in [2.75, 3.05) is 0 Å². The lowest BCUT2D eigenvalue weighted by atomic mass is 9.75. The van der Waals surface area contributed by atoms with Crippen LogP contribution in [0.2, 0.25) is 0 Å². The highest BCUT2D eigenvalue weighted by Crippen LogP contribution is 2.38. The summed E-state index contributed by atoms with van der Waals surface area (Å²) in [5.74, 6) is -0.205. The molecule has 1 aliphatic carbocycles. The summed E-state index contributed by atoms with van der Waals surface area (Å²) in [6.07, 6.45) is 3.27. The van der Waals surface area contributed by atoms with Gasteiger partial charge in [0.05, 0.1) is 5.69 Å². The zero-order valence-corrected chi connectivity index (χ0v) is 10.8. The highest BCUT2D eigenvalue weighted by molar-refractivity contribution is 5.64. The van der Waals surface area contributed by atoms with E-state index in [0.717, 1.165) is 24.1 Å². The summed E-state index contributed by atoms with van der Waals surface area (Å²) in [5.41, 5.74) is 4.85. The number of nitrogens with zero attached hydrogens (tertiary/aromatic N) is 1. The third-order valence-corrected chi connectivity index (χ3v) is 3.78. The number of H-pyrrole nitrogens is 1. The van der Waals surface area contributed by atoms with Gasteiger partial charge in [0.15, 0.2) is 0 Å². The number of rotatable bonds is 1. The van der Waals surface area contributed by atoms with Crippen molar-refractivity contribution in [2.45, 2.75) is 33.1 Å². The zero-order valence-electron chi connectivity index (χ0n) is 10.8. The van der Waals surface area contributed by atoms with E-state index in [1.807, 2.05) is 0 Å². The van der Waals surface area contributed by atoms with Gasteiger partial charge in [-0.2, -0.15) is 5.10 Å². The minimum Gasteiger partial charge on any atom is -0.282 e. The number of halogens is 1. The second-order valence-electron chi connectivity index (χ2n) is 5.88. The fourth-order valence-electron chi connectivity index (χ4n) is 2.68. The van der Waals surface area contributed by atoms with Crippen LogP contribution in [0, 0.1) is 11.2 Å². The normalized spacial score (nSPS) is 17.5. The van der Waals surface area contributed by atoms with Crippen molar-refractivity contribution in [1.29, 1.82) is 0 Å². The van der Waals surface area contributed by atoms with Crippen molar-refractivity contribution in [3.05, 3.63) is 41.3 Å². The molecular weight excluding hydrogens is 227 g/mol. The Labute approximate surface area is 106 Å². The quantitative estimate of drug-likeness (QED) is 0.813. The van der Waals surface area contributed by atoms with Crippen LogP contribution in [0.3, 0.4) is 0 Å². The lowest BCUT2D eigenvalue weighted by Crippen LogP contribution is -2.21. The molecule has 3 rings (SSSR count). The van der Waals surface area contributed by atoms with Gasteiger partial charge in [0.25, 0.3) is 0 Å². The largest absolute Gasteiger partial charge is 0.282 e. The van der Waals surface area contributed by atoms with Gasteiger partial charge >= 0.3 is 0 Å². The highest BCUT2D eigenvalue weighted by atomic mass is 19.1. The van der Waals surface area contributed by atoms with Gasteiger partial charge in [-0.05, 0) is 48.9 Å². The van der Waals surface area contributed by atoms with E-state index < -0.39 is 0 Å². The van der Waals surface area contributed by atoms with Gasteiger partial charge < -0.3 is 0 Å². The van der Waals surface area contributed by atoms with Crippen molar-refractivity contribution in [3.63, 3.8) is 0 Å². The van der Waals surface area contributed by atoms with E-state index in [9.17, 15) is 4.39 Å². The van der Waals surface area contributed by atoms with Crippen LogP contribution in [0.5, 0.6) is 0 Å². The van der Waals surface area contributed by atoms with Crippen LogP contribution in [0.4, 0.5) is 4.39 Å². The Morgan fingerprint density at radius 3 is 2.67 bits per heavy atom. The summed E-state index contributed by atoms with van der Waals surface area (Å²) in [6, 6.07) is 6.58. The first kappa shape index (κ1) is 11.5. The molecule has 1 aromatic heterocycles. The van der Waals surface area contributed by atoms with Gasteiger partial charge in [0.1, 0.15) is 5.82 Å². The predicted molar refractivity (Wildman–Crippen MR) is 69.8 cm³/mol. The van der Waals surface area contributed by atoms with E-state index in [1.165, 1.54) is 29.8 Å². The summed E-state index contributed by atoms with van der Waals surface area (Å²) >= 11 is 0. The Morgan fingerprint density at radius 2 is 1.94 bits per heavy atom. The van der Waals surface area contributed by atoms with Gasteiger partial charge in [0.2, 0.25) is 0 Å². The van der Waals surface area contributed by atoms with Crippen LogP contribution in [0.15, 0.2) is 24.3 Å². The molecule has 1 heterocycles. The number of aromatic nitrogens is 2. The van der Waals surface area contributed by atoms with Gasteiger partial charge in [-0.3, -0.25) is 5.10 Å². The van der Waals surface area contributed by atoms with Crippen molar-refractivity contribution in [1.82, 2.24) is 10.2 Å². The van der Waals surface area contributed by atoms with Gasteiger partial charge in [-0.15, -0.1) is 0 Å². The molecule has 0 amide bonds. The molecule has 0 bridgehead atoms. The molecule has 0 saturated heterocycles. The highest BCUT2D eigenvalue weighted by Gasteiger charge is 2.29. The van der Waals surface area contributed by atoms with Crippen LogP contribution in [-0.4, -0.2) is 10.2 Å². The molecule has 94 valence electrons. The molecule has 0 atom stereocenters. The monoisotopic (exact) mass is 244 g/mol. The van der Waals surface area contributed by atoms with Crippen molar-refractivity contribution in [2.24, 2.45) is 5.41 Å². The first-order valence-corrected chi connectivity index (χ1v) is 6.37. The third-order valence-electron chi connectivity index (χ3n) is 3.78.